The van der Waals surface area contributed by atoms with Crippen LogP contribution in [0.15, 0.2) is 54.7 Å². The van der Waals surface area contributed by atoms with Crippen LogP contribution in [0.25, 0.3) is 11.3 Å². The molecule has 12 heteroatoms. The van der Waals surface area contributed by atoms with E-state index >= 15 is 0 Å². The molecule has 2 aliphatic rings. The second kappa shape index (κ2) is 12.5. The van der Waals surface area contributed by atoms with Crippen molar-refractivity contribution in [2.45, 2.75) is 25.9 Å². The van der Waals surface area contributed by atoms with Gasteiger partial charge in [-0.2, -0.15) is 5.26 Å². The van der Waals surface area contributed by atoms with Crippen molar-refractivity contribution in [2.24, 2.45) is 0 Å². The number of nitrogens with zero attached hydrogens (tertiary/aromatic N) is 8. The molecule has 12 nitrogen and oxygen atoms in total. The minimum absolute atomic E-state index is 0.103. The van der Waals surface area contributed by atoms with Gasteiger partial charge < -0.3 is 24.8 Å². The molecule has 43 heavy (non-hydrogen) atoms. The van der Waals surface area contributed by atoms with Crippen LogP contribution in [-0.4, -0.2) is 93.3 Å². The molecule has 220 valence electrons. The summed E-state index contributed by atoms with van der Waals surface area (Å²) in [6.45, 7) is 7.00. The molecule has 0 unspecified atom stereocenters. The number of likely N-dealkylation sites (tertiary alicyclic amines) is 1. The minimum Gasteiger partial charge on any atom is -0.489 e. The van der Waals surface area contributed by atoms with Crippen molar-refractivity contribution in [1.82, 2.24) is 34.9 Å². The molecule has 2 aromatic heterocycles. The predicted molar refractivity (Wildman–Crippen MR) is 162 cm³/mol. The van der Waals surface area contributed by atoms with Crippen molar-refractivity contribution < 1.29 is 9.53 Å². The van der Waals surface area contributed by atoms with E-state index in [0.29, 0.717) is 54.7 Å². The number of rotatable bonds is 7. The molecule has 1 amide bonds. The van der Waals surface area contributed by atoms with E-state index in [1.807, 2.05) is 30.3 Å². The number of benzene rings is 2. The number of carbonyl (C=O) groups excluding carboxylic acids is 1. The highest BCUT2D eigenvalue weighted by Crippen LogP contribution is 2.29. The summed E-state index contributed by atoms with van der Waals surface area (Å²) < 4.78 is 6.22. The summed E-state index contributed by atoms with van der Waals surface area (Å²) in [6.07, 6.45) is 2.90. The van der Waals surface area contributed by atoms with Crippen molar-refractivity contribution in [1.29, 1.82) is 5.26 Å². The van der Waals surface area contributed by atoms with Crippen LogP contribution in [-0.2, 0) is 0 Å². The minimum atomic E-state index is -0.189. The van der Waals surface area contributed by atoms with Crippen LogP contribution in [0.5, 0.6) is 5.75 Å². The molecule has 2 saturated heterocycles. The molecule has 0 saturated carbocycles. The first-order valence-corrected chi connectivity index (χ1v) is 14.5. The molecule has 4 aromatic rings. The number of nitrogens with one attached hydrogen (secondary N) is 2. The van der Waals surface area contributed by atoms with E-state index in [1.165, 1.54) is 5.69 Å². The summed E-state index contributed by atoms with van der Waals surface area (Å²) in [5.74, 6) is 1.60. The fourth-order valence-corrected chi connectivity index (χ4v) is 5.34. The summed E-state index contributed by atoms with van der Waals surface area (Å²) in [5.41, 5.74) is 4.03. The van der Waals surface area contributed by atoms with E-state index in [1.54, 1.807) is 24.1 Å². The Morgan fingerprint density at radius 1 is 1.02 bits per heavy atom. The van der Waals surface area contributed by atoms with Crippen molar-refractivity contribution >= 4 is 23.2 Å². The number of aryl methyl sites for hydroxylation is 1. The van der Waals surface area contributed by atoms with Crippen LogP contribution in [0.3, 0.4) is 0 Å². The number of amides is 1. The van der Waals surface area contributed by atoms with Crippen LogP contribution in [0.4, 0.5) is 17.3 Å². The zero-order valence-electron chi connectivity index (χ0n) is 24.3. The topological polar surface area (TPSA) is 139 Å². The third kappa shape index (κ3) is 6.57. The zero-order chi connectivity index (χ0) is 29.8. The average Bonchev–Trinajstić information content (AvgIpc) is 3.48. The summed E-state index contributed by atoms with van der Waals surface area (Å²) >= 11 is 0. The van der Waals surface area contributed by atoms with E-state index in [4.69, 9.17) is 9.72 Å². The number of piperazine rings is 1. The molecule has 2 N–H and O–H groups in total. The maximum absolute atomic E-state index is 12.6. The third-order valence-corrected chi connectivity index (χ3v) is 7.85. The summed E-state index contributed by atoms with van der Waals surface area (Å²) in [6, 6.07) is 17.9. The van der Waals surface area contributed by atoms with Gasteiger partial charge in [0.15, 0.2) is 0 Å². The molecule has 2 fully saturated rings. The molecule has 0 spiro atoms. The van der Waals surface area contributed by atoms with E-state index in [-0.39, 0.29) is 17.8 Å². The first-order chi connectivity index (χ1) is 20.9. The number of aromatic amines is 1. The average molecular weight is 579 g/mol. The van der Waals surface area contributed by atoms with Gasteiger partial charge in [-0.1, -0.05) is 0 Å². The van der Waals surface area contributed by atoms with Crippen molar-refractivity contribution in [3.05, 3.63) is 71.9 Å². The fraction of sp³-hybridized carbons (Fsp3) is 0.355. The SMILES string of the molecule is Cc1nc(C(=O)N2CCC(Oc3ccc(-c4ccnc(Nc5ccc(N6CCN(C)CC6)cc5)n4)cc3C#N)CC2)n[nH]1. The Morgan fingerprint density at radius 2 is 1.79 bits per heavy atom. The smallest absolute Gasteiger partial charge is 0.293 e. The molecule has 0 atom stereocenters. The maximum Gasteiger partial charge on any atom is 0.293 e. The van der Waals surface area contributed by atoms with Gasteiger partial charge in [0.2, 0.25) is 11.8 Å². The number of hydrogen-bond donors (Lipinski definition) is 2. The van der Waals surface area contributed by atoms with Gasteiger partial charge >= 0.3 is 0 Å². The molecule has 2 aromatic carbocycles. The van der Waals surface area contributed by atoms with Gasteiger partial charge in [-0.05, 0) is 62.5 Å². The monoisotopic (exact) mass is 578 g/mol. The molecule has 0 radical (unpaired) electrons. The lowest BCUT2D eigenvalue weighted by molar-refractivity contribution is 0.0584. The van der Waals surface area contributed by atoms with Crippen molar-refractivity contribution in [2.75, 3.05) is 56.5 Å². The summed E-state index contributed by atoms with van der Waals surface area (Å²) in [4.78, 5) is 32.3. The molecule has 6 rings (SSSR count). The predicted octanol–water partition coefficient (Wildman–Crippen LogP) is 3.62. The number of aromatic nitrogens is 5. The first kappa shape index (κ1) is 28.1. The highest BCUT2D eigenvalue weighted by atomic mass is 16.5. The Kier molecular flexibility index (Phi) is 8.15. The number of hydrogen-bond acceptors (Lipinski definition) is 10. The summed E-state index contributed by atoms with van der Waals surface area (Å²) in [7, 11) is 2.15. The highest BCUT2D eigenvalue weighted by Gasteiger charge is 2.27. The lowest BCUT2D eigenvalue weighted by atomic mass is 10.1. The fourth-order valence-electron chi connectivity index (χ4n) is 5.34. The normalized spacial score (nSPS) is 16.1. The highest BCUT2D eigenvalue weighted by molar-refractivity contribution is 5.90. The zero-order valence-corrected chi connectivity index (χ0v) is 24.3. The van der Waals surface area contributed by atoms with E-state index in [0.717, 1.165) is 37.4 Å². The van der Waals surface area contributed by atoms with Gasteiger partial charge in [-0.25, -0.2) is 15.0 Å². The van der Waals surface area contributed by atoms with E-state index in [2.05, 4.69) is 60.5 Å². The number of ether oxygens (including phenoxy) is 1. The quantitative estimate of drug-likeness (QED) is 0.334. The molecule has 0 aliphatic carbocycles. The lowest BCUT2D eigenvalue weighted by Crippen LogP contribution is -2.44. The maximum atomic E-state index is 12.6. The number of piperidine rings is 1. The molecular weight excluding hydrogens is 544 g/mol. The number of likely N-dealkylation sites (N-methyl/N-ethyl adjacent to an activating group) is 1. The van der Waals surface area contributed by atoms with Crippen LogP contribution < -0.4 is 15.0 Å². The van der Waals surface area contributed by atoms with Crippen LogP contribution in [0.2, 0.25) is 0 Å². The number of anilines is 3. The molecule has 0 bridgehead atoms. The van der Waals surface area contributed by atoms with Gasteiger partial charge in [0, 0.05) is 75.2 Å². The number of nitriles is 1. The Balaban J connectivity index is 1.08. The van der Waals surface area contributed by atoms with Gasteiger partial charge in [0.05, 0.1) is 11.3 Å². The molecule has 4 heterocycles. The van der Waals surface area contributed by atoms with Crippen LogP contribution in [0.1, 0.15) is 34.8 Å². The second-order valence-corrected chi connectivity index (χ2v) is 10.9. The van der Waals surface area contributed by atoms with E-state index in [9.17, 15) is 10.1 Å². The van der Waals surface area contributed by atoms with Gasteiger partial charge in [-0.15, -0.1) is 5.10 Å². The standard InChI is InChI=1S/C31H34N10O2/c1-21-34-29(38-37-21)30(42)41-13-10-26(11-14-41)43-28-8-3-22(19-23(28)20-32)27-9-12-33-31(36-27)35-24-4-6-25(7-5-24)40-17-15-39(2)16-18-40/h3-9,12,19,26H,10-11,13-18H2,1-2H3,(H,33,35,36)(H,34,37,38). The van der Waals surface area contributed by atoms with Crippen LogP contribution >= 0.6 is 0 Å². The lowest BCUT2D eigenvalue weighted by Gasteiger charge is -2.34. The second-order valence-electron chi connectivity index (χ2n) is 10.9. The third-order valence-electron chi connectivity index (χ3n) is 7.85. The largest absolute Gasteiger partial charge is 0.489 e. The number of carbonyl (C=O) groups is 1. The first-order valence-electron chi connectivity index (χ1n) is 14.5. The molecular formula is C31H34N10O2. The van der Waals surface area contributed by atoms with Crippen molar-refractivity contribution in [3.63, 3.8) is 0 Å². The Labute approximate surface area is 250 Å². The Morgan fingerprint density at radius 3 is 2.49 bits per heavy atom. The van der Waals surface area contributed by atoms with E-state index < -0.39 is 0 Å². The van der Waals surface area contributed by atoms with Gasteiger partial charge in [0.25, 0.3) is 5.91 Å². The Bertz CT molecular complexity index is 1610. The van der Waals surface area contributed by atoms with Crippen molar-refractivity contribution in [3.8, 4) is 23.1 Å². The number of H-pyrrole nitrogens is 1. The molecule has 2 aliphatic heterocycles. The van der Waals surface area contributed by atoms with Gasteiger partial charge in [0.1, 0.15) is 23.7 Å². The van der Waals surface area contributed by atoms with Gasteiger partial charge in [-0.3, -0.25) is 9.89 Å². The summed E-state index contributed by atoms with van der Waals surface area (Å²) in [5, 5.41) is 19.9. The van der Waals surface area contributed by atoms with Crippen LogP contribution in [0, 0.1) is 18.3 Å². The Hall–Kier alpha value is -5.02.